The summed E-state index contributed by atoms with van der Waals surface area (Å²) in [6, 6.07) is 0.386. The molecule has 2 unspecified atom stereocenters. The standard InChI is InChI=1S/C12H23ClN4/c1-9(2)7-17-12(15-8-16-17)6-14-11(4)10(3)5-13/h8-11,14H,5-7H2,1-4H3. The van der Waals surface area contributed by atoms with Crippen LogP contribution in [-0.4, -0.2) is 26.7 Å². The van der Waals surface area contributed by atoms with Crippen molar-refractivity contribution in [2.45, 2.75) is 46.8 Å². The van der Waals surface area contributed by atoms with Crippen LogP contribution >= 0.6 is 11.6 Å². The third-order valence-corrected chi connectivity index (χ3v) is 3.40. The first-order valence-corrected chi connectivity index (χ1v) is 6.74. The molecule has 0 radical (unpaired) electrons. The van der Waals surface area contributed by atoms with Gasteiger partial charge in [0.2, 0.25) is 0 Å². The number of hydrogen-bond acceptors (Lipinski definition) is 3. The van der Waals surface area contributed by atoms with Crippen molar-refractivity contribution in [3.8, 4) is 0 Å². The Bertz CT molecular complexity index is 324. The topological polar surface area (TPSA) is 42.7 Å². The summed E-state index contributed by atoms with van der Waals surface area (Å²) in [4.78, 5) is 4.28. The van der Waals surface area contributed by atoms with Crippen LogP contribution in [0.2, 0.25) is 0 Å². The highest BCUT2D eigenvalue weighted by atomic mass is 35.5. The maximum Gasteiger partial charge on any atom is 0.140 e. The van der Waals surface area contributed by atoms with Gasteiger partial charge in [-0.25, -0.2) is 9.67 Å². The quantitative estimate of drug-likeness (QED) is 0.763. The maximum absolute atomic E-state index is 5.83. The zero-order valence-electron chi connectivity index (χ0n) is 11.2. The molecule has 5 heteroatoms. The molecule has 0 aliphatic heterocycles. The molecule has 0 aromatic carbocycles. The highest BCUT2D eigenvalue weighted by Gasteiger charge is 2.12. The van der Waals surface area contributed by atoms with Gasteiger partial charge in [0, 0.05) is 18.5 Å². The number of nitrogens with zero attached hydrogens (tertiary/aromatic N) is 3. The van der Waals surface area contributed by atoms with Crippen LogP contribution < -0.4 is 5.32 Å². The van der Waals surface area contributed by atoms with Gasteiger partial charge in [-0.05, 0) is 18.8 Å². The third kappa shape index (κ3) is 4.64. The molecule has 0 bridgehead atoms. The normalized spacial score (nSPS) is 15.2. The van der Waals surface area contributed by atoms with E-state index in [1.54, 1.807) is 6.33 Å². The first-order valence-electron chi connectivity index (χ1n) is 6.20. The van der Waals surface area contributed by atoms with E-state index < -0.39 is 0 Å². The molecule has 1 N–H and O–H groups in total. The molecule has 0 fully saturated rings. The van der Waals surface area contributed by atoms with Gasteiger partial charge in [-0.1, -0.05) is 20.8 Å². The van der Waals surface area contributed by atoms with Crippen molar-refractivity contribution in [3.63, 3.8) is 0 Å². The van der Waals surface area contributed by atoms with E-state index in [9.17, 15) is 0 Å². The predicted octanol–water partition coefficient (Wildman–Crippen LogP) is 2.29. The number of nitrogens with one attached hydrogen (secondary N) is 1. The van der Waals surface area contributed by atoms with Crippen LogP contribution in [0.4, 0.5) is 0 Å². The Labute approximate surface area is 109 Å². The third-order valence-electron chi connectivity index (χ3n) is 2.91. The molecular weight excluding hydrogens is 236 g/mol. The minimum absolute atomic E-state index is 0.386. The minimum atomic E-state index is 0.386. The Morgan fingerprint density at radius 2 is 2.06 bits per heavy atom. The van der Waals surface area contributed by atoms with E-state index in [0.29, 0.717) is 23.8 Å². The molecule has 1 aromatic rings. The molecule has 0 aliphatic carbocycles. The Morgan fingerprint density at radius 3 is 2.65 bits per heavy atom. The van der Waals surface area contributed by atoms with Crippen LogP contribution in [0.25, 0.3) is 0 Å². The summed E-state index contributed by atoms with van der Waals surface area (Å²) in [5.41, 5.74) is 0. The molecule has 1 rings (SSSR count). The summed E-state index contributed by atoms with van der Waals surface area (Å²) < 4.78 is 1.97. The zero-order chi connectivity index (χ0) is 12.8. The van der Waals surface area contributed by atoms with Gasteiger partial charge < -0.3 is 5.32 Å². The summed E-state index contributed by atoms with van der Waals surface area (Å²) in [7, 11) is 0. The van der Waals surface area contributed by atoms with Crippen LogP contribution in [0.3, 0.4) is 0 Å². The fourth-order valence-corrected chi connectivity index (χ4v) is 1.78. The second-order valence-electron chi connectivity index (χ2n) is 5.05. The van der Waals surface area contributed by atoms with E-state index >= 15 is 0 Å². The molecule has 2 atom stereocenters. The van der Waals surface area contributed by atoms with Gasteiger partial charge in [-0.3, -0.25) is 0 Å². The first kappa shape index (κ1) is 14.5. The van der Waals surface area contributed by atoms with Crippen molar-refractivity contribution in [2.75, 3.05) is 5.88 Å². The summed E-state index contributed by atoms with van der Waals surface area (Å²) in [5.74, 6) is 2.70. The van der Waals surface area contributed by atoms with Crippen LogP contribution in [0, 0.1) is 11.8 Å². The molecule has 1 heterocycles. The van der Waals surface area contributed by atoms with Crippen molar-refractivity contribution in [1.82, 2.24) is 20.1 Å². The van der Waals surface area contributed by atoms with Gasteiger partial charge in [0.15, 0.2) is 0 Å². The minimum Gasteiger partial charge on any atom is -0.307 e. The average Bonchev–Trinajstić information content (AvgIpc) is 2.71. The molecule has 0 amide bonds. The van der Waals surface area contributed by atoms with Crippen LogP contribution in [-0.2, 0) is 13.1 Å². The van der Waals surface area contributed by atoms with E-state index in [0.717, 1.165) is 18.9 Å². The Morgan fingerprint density at radius 1 is 1.35 bits per heavy atom. The second-order valence-corrected chi connectivity index (χ2v) is 5.36. The molecular formula is C12H23ClN4. The Hall–Kier alpha value is -0.610. The van der Waals surface area contributed by atoms with E-state index in [1.807, 2.05) is 4.68 Å². The number of rotatable bonds is 7. The number of aromatic nitrogens is 3. The fourth-order valence-electron chi connectivity index (χ4n) is 1.51. The predicted molar refractivity (Wildman–Crippen MR) is 71.0 cm³/mol. The van der Waals surface area contributed by atoms with E-state index in [1.165, 1.54) is 0 Å². The highest BCUT2D eigenvalue weighted by Crippen LogP contribution is 2.06. The largest absolute Gasteiger partial charge is 0.307 e. The lowest BCUT2D eigenvalue weighted by Crippen LogP contribution is -2.33. The van der Waals surface area contributed by atoms with Crippen molar-refractivity contribution < 1.29 is 0 Å². The van der Waals surface area contributed by atoms with Crippen molar-refractivity contribution in [1.29, 1.82) is 0 Å². The molecule has 98 valence electrons. The van der Waals surface area contributed by atoms with Gasteiger partial charge in [0.05, 0.1) is 6.54 Å². The van der Waals surface area contributed by atoms with E-state index in [-0.39, 0.29) is 0 Å². The van der Waals surface area contributed by atoms with E-state index in [2.05, 4.69) is 43.1 Å². The number of hydrogen-bond donors (Lipinski definition) is 1. The molecule has 0 saturated carbocycles. The molecule has 17 heavy (non-hydrogen) atoms. The highest BCUT2D eigenvalue weighted by molar-refractivity contribution is 6.18. The second kappa shape index (κ2) is 6.97. The number of halogens is 1. The summed E-state index contributed by atoms with van der Waals surface area (Å²) >= 11 is 5.83. The van der Waals surface area contributed by atoms with Crippen molar-refractivity contribution in [3.05, 3.63) is 12.2 Å². The van der Waals surface area contributed by atoms with Crippen LogP contribution in [0.15, 0.2) is 6.33 Å². The summed E-state index contributed by atoms with van der Waals surface area (Å²) in [6.45, 7) is 10.3. The lowest BCUT2D eigenvalue weighted by Gasteiger charge is -2.19. The van der Waals surface area contributed by atoms with Gasteiger partial charge in [0.25, 0.3) is 0 Å². The van der Waals surface area contributed by atoms with Gasteiger partial charge in [0.1, 0.15) is 12.2 Å². The Kier molecular flexibility index (Phi) is 5.92. The van der Waals surface area contributed by atoms with E-state index in [4.69, 9.17) is 11.6 Å². The summed E-state index contributed by atoms with van der Waals surface area (Å²) in [6.07, 6.45) is 1.62. The molecule has 0 saturated heterocycles. The smallest absolute Gasteiger partial charge is 0.140 e. The molecule has 1 aromatic heterocycles. The van der Waals surface area contributed by atoms with Crippen LogP contribution in [0.5, 0.6) is 0 Å². The average molecular weight is 259 g/mol. The van der Waals surface area contributed by atoms with Crippen LogP contribution in [0.1, 0.15) is 33.5 Å². The van der Waals surface area contributed by atoms with Gasteiger partial charge in [-0.15, -0.1) is 11.6 Å². The number of alkyl halides is 1. The SMILES string of the molecule is CC(C)Cn1ncnc1CNC(C)C(C)CCl. The lowest BCUT2D eigenvalue weighted by molar-refractivity contribution is 0.405. The van der Waals surface area contributed by atoms with Gasteiger partial charge >= 0.3 is 0 Å². The molecule has 4 nitrogen and oxygen atoms in total. The Balaban J connectivity index is 2.49. The first-order chi connectivity index (χ1) is 8.04. The monoisotopic (exact) mass is 258 g/mol. The van der Waals surface area contributed by atoms with Crippen molar-refractivity contribution >= 4 is 11.6 Å². The molecule has 0 aliphatic rings. The lowest BCUT2D eigenvalue weighted by atomic mass is 10.1. The zero-order valence-corrected chi connectivity index (χ0v) is 11.9. The maximum atomic E-state index is 5.83. The van der Waals surface area contributed by atoms with Gasteiger partial charge in [-0.2, -0.15) is 5.10 Å². The van der Waals surface area contributed by atoms with Crippen molar-refractivity contribution in [2.24, 2.45) is 11.8 Å². The molecule has 0 spiro atoms. The summed E-state index contributed by atoms with van der Waals surface area (Å²) in [5, 5.41) is 7.68. The fraction of sp³-hybridized carbons (Fsp3) is 0.833.